The van der Waals surface area contributed by atoms with Crippen LogP contribution >= 0.6 is 0 Å². The number of nitrogens with one attached hydrogen (secondary N) is 2. The molecule has 6 nitrogen and oxygen atoms in total. The number of carbonyl (C=O) groups excluding carboxylic acids is 2. The maximum Gasteiger partial charge on any atom is 0.411 e. The fourth-order valence-electron chi connectivity index (χ4n) is 1.77. The normalized spacial score (nSPS) is 11.9. The number of nitrogens with two attached hydrogens (primary N) is 1. The van der Waals surface area contributed by atoms with Crippen LogP contribution in [0.25, 0.3) is 0 Å². The summed E-state index contributed by atoms with van der Waals surface area (Å²) in [7, 11) is 0. The lowest BCUT2D eigenvalue weighted by molar-refractivity contribution is -0.117. The molecule has 0 unspecified atom stereocenters. The molecule has 0 spiro atoms. The van der Waals surface area contributed by atoms with Crippen LogP contribution in [0.2, 0.25) is 0 Å². The molecule has 0 aliphatic rings. The average molecular weight is 293 g/mol. The molecule has 0 aliphatic heterocycles. The number of anilines is 2. The van der Waals surface area contributed by atoms with Crippen LogP contribution in [-0.2, 0) is 9.53 Å². The first kappa shape index (κ1) is 17.0. The number of amides is 2. The van der Waals surface area contributed by atoms with E-state index in [0.29, 0.717) is 30.3 Å². The summed E-state index contributed by atoms with van der Waals surface area (Å²) in [5.41, 5.74) is 7.04. The zero-order valence-electron chi connectivity index (χ0n) is 12.7. The molecule has 0 saturated carbocycles. The lowest BCUT2D eigenvalue weighted by Gasteiger charge is -2.14. The van der Waals surface area contributed by atoms with Gasteiger partial charge in [0.05, 0.1) is 12.6 Å². The van der Waals surface area contributed by atoms with Gasteiger partial charge in [0, 0.05) is 11.4 Å². The summed E-state index contributed by atoms with van der Waals surface area (Å²) in [6.45, 7) is 6.08. The highest BCUT2D eigenvalue weighted by atomic mass is 16.5. The minimum Gasteiger partial charge on any atom is -0.450 e. The van der Waals surface area contributed by atoms with Crippen molar-refractivity contribution < 1.29 is 14.3 Å². The third-order valence-corrected chi connectivity index (χ3v) is 2.74. The molecule has 116 valence electrons. The standard InChI is InChI=1S/C15H23N3O3/c1-4-21-15(20)18-12-7-5-11(6-8-12)17-14(19)13(16)9-10(2)3/h5-8,10,13H,4,9,16H2,1-3H3,(H,17,19)(H,18,20)/t13-/m0/s1. The van der Waals surface area contributed by atoms with Crippen molar-refractivity contribution in [2.75, 3.05) is 17.2 Å². The fourth-order valence-corrected chi connectivity index (χ4v) is 1.77. The summed E-state index contributed by atoms with van der Waals surface area (Å²) in [5, 5.41) is 5.32. The van der Waals surface area contributed by atoms with E-state index in [9.17, 15) is 9.59 Å². The topological polar surface area (TPSA) is 93.5 Å². The minimum atomic E-state index is -0.526. The Morgan fingerprint density at radius 2 is 1.67 bits per heavy atom. The molecule has 0 fully saturated rings. The van der Waals surface area contributed by atoms with E-state index in [1.54, 1.807) is 31.2 Å². The van der Waals surface area contributed by atoms with Gasteiger partial charge in [-0.2, -0.15) is 0 Å². The van der Waals surface area contributed by atoms with Gasteiger partial charge in [0.15, 0.2) is 0 Å². The van der Waals surface area contributed by atoms with E-state index >= 15 is 0 Å². The van der Waals surface area contributed by atoms with E-state index in [4.69, 9.17) is 10.5 Å². The van der Waals surface area contributed by atoms with Crippen molar-refractivity contribution in [3.63, 3.8) is 0 Å². The molecule has 1 aromatic rings. The SMILES string of the molecule is CCOC(=O)Nc1ccc(NC(=O)[C@@H](N)CC(C)C)cc1. The Morgan fingerprint density at radius 3 is 2.14 bits per heavy atom. The molecule has 4 N–H and O–H groups in total. The number of rotatable bonds is 6. The minimum absolute atomic E-state index is 0.213. The summed E-state index contributed by atoms with van der Waals surface area (Å²) in [6, 6.07) is 6.23. The molecule has 6 heteroatoms. The third kappa shape index (κ3) is 6.27. The monoisotopic (exact) mass is 293 g/mol. The Kier molecular flexibility index (Phi) is 6.68. The fraction of sp³-hybridized carbons (Fsp3) is 0.467. The Bertz CT molecular complexity index is 472. The lowest BCUT2D eigenvalue weighted by atomic mass is 10.0. The van der Waals surface area contributed by atoms with Gasteiger partial charge in [-0.25, -0.2) is 4.79 Å². The van der Waals surface area contributed by atoms with Gasteiger partial charge in [-0.15, -0.1) is 0 Å². The number of hydrogen-bond donors (Lipinski definition) is 3. The van der Waals surface area contributed by atoms with E-state index in [1.165, 1.54) is 0 Å². The summed E-state index contributed by atoms with van der Waals surface area (Å²) in [6.07, 6.45) is 0.127. The van der Waals surface area contributed by atoms with Crippen LogP contribution < -0.4 is 16.4 Å². The number of benzene rings is 1. The van der Waals surface area contributed by atoms with Crippen molar-refractivity contribution in [1.82, 2.24) is 0 Å². The zero-order chi connectivity index (χ0) is 15.8. The molecule has 21 heavy (non-hydrogen) atoms. The maximum absolute atomic E-state index is 11.9. The number of carbonyl (C=O) groups is 2. The number of ether oxygens (including phenoxy) is 1. The second-order valence-corrected chi connectivity index (χ2v) is 5.15. The molecular weight excluding hydrogens is 270 g/mol. The van der Waals surface area contributed by atoms with E-state index < -0.39 is 12.1 Å². The predicted octanol–water partition coefficient (Wildman–Crippen LogP) is 2.57. The highest BCUT2D eigenvalue weighted by Gasteiger charge is 2.14. The molecule has 0 aromatic heterocycles. The molecule has 0 radical (unpaired) electrons. The van der Waals surface area contributed by atoms with Crippen LogP contribution in [0.15, 0.2) is 24.3 Å². The molecule has 2 amide bonds. The van der Waals surface area contributed by atoms with Crippen molar-refractivity contribution in [2.24, 2.45) is 11.7 Å². The van der Waals surface area contributed by atoms with Crippen molar-refractivity contribution in [3.05, 3.63) is 24.3 Å². The quantitative estimate of drug-likeness (QED) is 0.751. The van der Waals surface area contributed by atoms with Crippen LogP contribution in [0.3, 0.4) is 0 Å². The Balaban J connectivity index is 2.54. The Labute approximate surface area is 125 Å². The van der Waals surface area contributed by atoms with E-state index in [-0.39, 0.29) is 5.91 Å². The van der Waals surface area contributed by atoms with Gasteiger partial charge < -0.3 is 15.8 Å². The first-order chi connectivity index (χ1) is 9.92. The second kappa shape index (κ2) is 8.26. The predicted molar refractivity (Wildman–Crippen MR) is 83.1 cm³/mol. The van der Waals surface area contributed by atoms with Gasteiger partial charge in [0.2, 0.25) is 5.91 Å². The van der Waals surface area contributed by atoms with Gasteiger partial charge in [-0.1, -0.05) is 13.8 Å². The van der Waals surface area contributed by atoms with Crippen LogP contribution in [0.1, 0.15) is 27.2 Å². The molecule has 0 saturated heterocycles. The smallest absolute Gasteiger partial charge is 0.411 e. The second-order valence-electron chi connectivity index (χ2n) is 5.15. The summed E-state index contributed by atoms with van der Waals surface area (Å²) < 4.78 is 4.77. The van der Waals surface area contributed by atoms with E-state index in [0.717, 1.165) is 0 Å². The summed E-state index contributed by atoms with van der Waals surface area (Å²) >= 11 is 0. The lowest BCUT2D eigenvalue weighted by Crippen LogP contribution is -2.36. The van der Waals surface area contributed by atoms with Gasteiger partial charge in [-0.3, -0.25) is 10.1 Å². The molecule has 1 aromatic carbocycles. The third-order valence-electron chi connectivity index (χ3n) is 2.74. The zero-order valence-corrected chi connectivity index (χ0v) is 12.7. The van der Waals surface area contributed by atoms with Gasteiger partial charge >= 0.3 is 6.09 Å². The Morgan fingerprint density at radius 1 is 1.14 bits per heavy atom. The first-order valence-corrected chi connectivity index (χ1v) is 7.02. The highest BCUT2D eigenvalue weighted by Crippen LogP contribution is 2.14. The average Bonchev–Trinajstić information content (AvgIpc) is 2.40. The summed E-state index contributed by atoms with van der Waals surface area (Å²) in [4.78, 5) is 23.1. The first-order valence-electron chi connectivity index (χ1n) is 7.02. The van der Waals surface area contributed by atoms with Crippen LogP contribution in [0, 0.1) is 5.92 Å². The van der Waals surface area contributed by atoms with E-state index in [2.05, 4.69) is 10.6 Å². The molecule has 0 bridgehead atoms. The number of hydrogen-bond acceptors (Lipinski definition) is 4. The molecule has 0 heterocycles. The van der Waals surface area contributed by atoms with Crippen LogP contribution in [-0.4, -0.2) is 24.6 Å². The van der Waals surface area contributed by atoms with Crippen LogP contribution in [0.4, 0.5) is 16.2 Å². The van der Waals surface area contributed by atoms with Crippen molar-refractivity contribution in [3.8, 4) is 0 Å². The molecular formula is C15H23N3O3. The van der Waals surface area contributed by atoms with Crippen LogP contribution in [0.5, 0.6) is 0 Å². The van der Waals surface area contributed by atoms with Gasteiger partial charge in [0.25, 0.3) is 0 Å². The van der Waals surface area contributed by atoms with Gasteiger partial charge in [-0.05, 0) is 43.5 Å². The molecule has 0 aliphatic carbocycles. The van der Waals surface area contributed by atoms with Crippen molar-refractivity contribution in [1.29, 1.82) is 0 Å². The Hall–Kier alpha value is -2.08. The largest absolute Gasteiger partial charge is 0.450 e. The van der Waals surface area contributed by atoms with E-state index in [1.807, 2.05) is 13.8 Å². The molecule has 1 rings (SSSR count). The van der Waals surface area contributed by atoms with Gasteiger partial charge in [0.1, 0.15) is 0 Å². The summed E-state index contributed by atoms with van der Waals surface area (Å²) in [5.74, 6) is 0.150. The van der Waals surface area contributed by atoms with Crippen molar-refractivity contribution in [2.45, 2.75) is 33.2 Å². The maximum atomic E-state index is 11.9. The molecule has 1 atom stereocenters. The van der Waals surface area contributed by atoms with Crippen molar-refractivity contribution >= 4 is 23.4 Å². The highest BCUT2D eigenvalue weighted by molar-refractivity contribution is 5.95.